The molecule has 1 aliphatic heterocycles. The number of methoxy groups -OCH3 is 1. The first-order chi connectivity index (χ1) is 11.0. The van der Waals surface area contributed by atoms with Crippen molar-refractivity contribution in [3.8, 4) is 0 Å². The molecule has 1 aliphatic rings. The molecule has 0 radical (unpaired) electrons. The van der Waals surface area contributed by atoms with Gasteiger partial charge in [-0.15, -0.1) is 0 Å². The fourth-order valence-corrected chi connectivity index (χ4v) is 3.31. The van der Waals surface area contributed by atoms with Gasteiger partial charge in [-0.1, -0.05) is 0 Å². The van der Waals surface area contributed by atoms with E-state index in [1.165, 1.54) is 12.1 Å². The lowest BCUT2D eigenvalue weighted by Gasteiger charge is -2.21. The fraction of sp³-hybridized carbons (Fsp3) is 0.500. The van der Waals surface area contributed by atoms with Crippen LogP contribution in [0.15, 0.2) is 18.2 Å². The highest BCUT2D eigenvalue weighted by Gasteiger charge is 2.36. The summed E-state index contributed by atoms with van der Waals surface area (Å²) in [6.45, 7) is 3.85. The maximum Gasteiger partial charge on any atom is 0.234 e. The predicted molar refractivity (Wildman–Crippen MR) is 84.2 cm³/mol. The minimum atomic E-state index is -0.359. The zero-order chi connectivity index (χ0) is 16.6. The lowest BCUT2D eigenvalue weighted by Crippen LogP contribution is -2.40. The Hall–Kier alpha value is -1.99. The summed E-state index contributed by atoms with van der Waals surface area (Å²) in [5.74, 6) is 0.145. The van der Waals surface area contributed by atoms with Crippen molar-refractivity contribution in [3.63, 3.8) is 0 Å². The van der Waals surface area contributed by atoms with Crippen molar-refractivity contribution in [1.29, 1.82) is 0 Å². The number of primary amides is 1. The number of nitrogens with two attached hydrogens (primary N) is 1. The fourth-order valence-electron chi connectivity index (χ4n) is 3.31. The Balaban J connectivity index is 1.92. The molecule has 0 aliphatic carbocycles. The number of benzene rings is 1. The van der Waals surface area contributed by atoms with Crippen LogP contribution in [-0.4, -0.2) is 46.2 Å². The second-order valence-corrected chi connectivity index (χ2v) is 5.85. The number of likely N-dealkylation sites (tertiary alicyclic amines) is 1. The summed E-state index contributed by atoms with van der Waals surface area (Å²) in [6.07, 6.45) is 0.580. The van der Waals surface area contributed by atoms with Gasteiger partial charge in [-0.3, -0.25) is 9.69 Å². The van der Waals surface area contributed by atoms with Crippen LogP contribution >= 0.6 is 0 Å². The molecular weight excluding hydrogens is 299 g/mol. The van der Waals surface area contributed by atoms with E-state index >= 15 is 0 Å². The van der Waals surface area contributed by atoms with Crippen LogP contribution in [0.3, 0.4) is 0 Å². The number of hydrogen-bond donors (Lipinski definition) is 1. The smallest absolute Gasteiger partial charge is 0.234 e. The monoisotopic (exact) mass is 320 g/mol. The van der Waals surface area contributed by atoms with Crippen LogP contribution in [0.2, 0.25) is 0 Å². The number of fused-ring (bicyclic) bond motifs is 1. The number of aromatic nitrogens is 2. The summed E-state index contributed by atoms with van der Waals surface area (Å²) in [5, 5.41) is 0. The Morgan fingerprint density at radius 2 is 2.30 bits per heavy atom. The lowest BCUT2D eigenvalue weighted by atomic mass is 10.2. The maximum absolute atomic E-state index is 13.4. The van der Waals surface area contributed by atoms with Gasteiger partial charge in [0.15, 0.2) is 0 Å². The molecule has 3 rings (SSSR count). The van der Waals surface area contributed by atoms with Crippen molar-refractivity contribution in [3.05, 3.63) is 29.8 Å². The summed E-state index contributed by atoms with van der Waals surface area (Å²) in [4.78, 5) is 18.2. The summed E-state index contributed by atoms with van der Waals surface area (Å²) in [5.41, 5.74) is 7.03. The Bertz CT molecular complexity index is 730. The van der Waals surface area contributed by atoms with Crippen LogP contribution in [0.4, 0.5) is 4.39 Å². The van der Waals surface area contributed by atoms with Gasteiger partial charge in [-0.25, -0.2) is 9.37 Å². The normalized spacial score (nSPS) is 22.0. The third-order valence-electron chi connectivity index (χ3n) is 4.48. The van der Waals surface area contributed by atoms with Crippen LogP contribution in [0.25, 0.3) is 11.0 Å². The number of carbonyl (C=O) groups excluding carboxylic acids is 1. The second-order valence-electron chi connectivity index (χ2n) is 5.85. The standard InChI is InChI=1S/C16H21FN4O2/c1-3-21-13-5-4-10(17)6-12(13)19-15(21)9-20-8-11(23-2)7-14(20)16(18)22/h4-6,11,14H,3,7-9H2,1-2H3,(H2,18,22)/t11-,14-/m0/s1. The molecule has 2 heterocycles. The third-order valence-corrected chi connectivity index (χ3v) is 4.48. The predicted octanol–water partition coefficient (Wildman–Crippen LogP) is 1.27. The number of imidazole rings is 1. The Morgan fingerprint density at radius 3 is 2.96 bits per heavy atom. The zero-order valence-corrected chi connectivity index (χ0v) is 13.3. The van der Waals surface area contributed by atoms with Crippen molar-refractivity contribution in [2.45, 2.75) is 38.6 Å². The van der Waals surface area contributed by atoms with Crippen molar-refractivity contribution in [2.75, 3.05) is 13.7 Å². The van der Waals surface area contributed by atoms with E-state index < -0.39 is 0 Å². The van der Waals surface area contributed by atoms with E-state index in [1.807, 2.05) is 16.4 Å². The molecule has 0 saturated carbocycles. The van der Waals surface area contributed by atoms with Crippen molar-refractivity contribution in [2.24, 2.45) is 5.73 Å². The molecule has 0 spiro atoms. The first-order valence-corrected chi connectivity index (χ1v) is 7.74. The highest BCUT2D eigenvalue weighted by Crippen LogP contribution is 2.24. The minimum Gasteiger partial charge on any atom is -0.380 e. The van der Waals surface area contributed by atoms with Gasteiger partial charge in [0, 0.05) is 26.3 Å². The minimum absolute atomic E-state index is 0.00982. The zero-order valence-electron chi connectivity index (χ0n) is 13.3. The summed E-state index contributed by atoms with van der Waals surface area (Å²) < 4.78 is 20.8. The van der Waals surface area contributed by atoms with Crippen LogP contribution in [0.5, 0.6) is 0 Å². The molecule has 1 amide bonds. The molecule has 7 heteroatoms. The quantitative estimate of drug-likeness (QED) is 0.900. The first-order valence-electron chi connectivity index (χ1n) is 7.74. The molecule has 2 atom stereocenters. The van der Waals surface area contributed by atoms with Gasteiger partial charge >= 0.3 is 0 Å². The van der Waals surface area contributed by atoms with Crippen molar-refractivity contribution >= 4 is 16.9 Å². The molecule has 6 nitrogen and oxygen atoms in total. The van der Waals surface area contributed by atoms with Crippen molar-refractivity contribution < 1.29 is 13.9 Å². The highest BCUT2D eigenvalue weighted by atomic mass is 19.1. The molecule has 2 N–H and O–H groups in total. The van der Waals surface area contributed by atoms with Gasteiger partial charge < -0.3 is 15.0 Å². The van der Waals surface area contributed by atoms with E-state index in [0.717, 1.165) is 17.9 Å². The number of nitrogens with zero attached hydrogens (tertiary/aromatic N) is 3. The Morgan fingerprint density at radius 1 is 1.52 bits per heavy atom. The second kappa shape index (κ2) is 6.25. The SMILES string of the molecule is CCn1c(CN2C[C@@H](OC)C[C@H]2C(N)=O)nc2cc(F)ccc21. The van der Waals surface area contributed by atoms with E-state index in [0.29, 0.717) is 25.0 Å². The number of aryl methyl sites for hydroxylation is 1. The molecule has 0 bridgehead atoms. The molecule has 124 valence electrons. The van der Waals surface area contributed by atoms with E-state index in [2.05, 4.69) is 4.98 Å². The molecule has 0 unspecified atom stereocenters. The molecule has 2 aromatic rings. The molecule has 1 aromatic carbocycles. The topological polar surface area (TPSA) is 73.4 Å². The van der Waals surface area contributed by atoms with Crippen LogP contribution in [0.1, 0.15) is 19.2 Å². The molecule has 1 saturated heterocycles. The number of carbonyl (C=O) groups is 1. The lowest BCUT2D eigenvalue weighted by molar-refractivity contribution is -0.122. The van der Waals surface area contributed by atoms with Gasteiger partial charge in [0.1, 0.15) is 11.6 Å². The molecular formula is C16H21FN4O2. The van der Waals surface area contributed by atoms with E-state index in [1.54, 1.807) is 13.2 Å². The van der Waals surface area contributed by atoms with Crippen LogP contribution in [0, 0.1) is 5.82 Å². The van der Waals surface area contributed by atoms with E-state index in [9.17, 15) is 9.18 Å². The first kappa shape index (κ1) is 15.9. The summed E-state index contributed by atoms with van der Waals surface area (Å²) in [7, 11) is 1.64. The largest absolute Gasteiger partial charge is 0.380 e. The van der Waals surface area contributed by atoms with Gasteiger partial charge in [0.25, 0.3) is 0 Å². The summed E-state index contributed by atoms with van der Waals surface area (Å²) in [6, 6.07) is 4.24. The molecule has 1 aromatic heterocycles. The molecule has 23 heavy (non-hydrogen) atoms. The van der Waals surface area contributed by atoms with E-state index in [-0.39, 0.29) is 23.9 Å². The van der Waals surface area contributed by atoms with E-state index in [4.69, 9.17) is 10.5 Å². The van der Waals surface area contributed by atoms with Crippen molar-refractivity contribution in [1.82, 2.24) is 14.5 Å². The van der Waals surface area contributed by atoms with Gasteiger partial charge in [0.2, 0.25) is 5.91 Å². The molecule has 1 fully saturated rings. The third kappa shape index (κ3) is 2.94. The number of ether oxygens (including phenoxy) is 1. The average Bonchev–Trinajstić information content (AvgIpc) is 3.07. The number of amides is 1. The van der Waals surface area contributed by atoms with Gasteiger partial charge in [0.05, 0.1) is 29.7 Å². The van der Waals surface area contributed by atoms with Crippen LogP contribution < -0.4 is 5.73 Å². The number of halogens is 1. The Labute approximate surface area is 134 Å². The Kier molecular flexibility index (Phi) is 4.32. The van der Waals surface area contributed by atoms with Gasteiger partial charge in [-0.2, -0.15) is 0 Å². The number of hydrogen-bond acceptors (Lipinski definition) is 4. The van der Waals surface area contributed by atoms with Gasteiger partial charge in [-0.05, 0) is 25.5 Å². The average molecular weight is 320 g/mol. The maximum atomic E-state index is 13.4. The highest BCUT2D eigenvalue weighted by molar-refractivity contribution is 5.80. The number of rotatable bonds is 5. The summed E-state index contributed by atoms with van der Waals surface area (Å²) >= 11 is 0. The van der Waals surface area contributed by atoms with Crippen LogP contribution in [-0.2, 0) is 22.6 Å².